The number of aliphatic imine (C=N–C) groups is 1. The van der Waals surface area contributed by atoms with E-state index in [0.717, 1.165) is 30.4 Å². The molecule has 0 radical (unpaired) electrons. The Bertz CT molecular complexity index is 1450. The van der Waals surface area contributed by atoms with Gasteiger partial charge >= 0.3 is 0 Å². The van der Waals surface area contributed by atoms with Crippen LogP contribution >= 0.6 is 0 Å². The van der Waals surface area contributed by atoms with Crippen molar-refractivity contribution in [3.8, 4) is 17.6 Å². The lowest BCUT2D eigenvalue weighted by atomic mass is 9.91. The van der Waals surface area contributed by atoms with E-state index < -0.39 is 6.04 Å². The van der Waals surface area contributed by atoms with E-state index in [2.05, 4.69) is 31.6 Å². The summed E-state index contributed by atoms with van der Waals surface area (Å²) in [7, 11) is 1.75. The van der Waals surface area contributed by atoms with Crippen molar-refractivity contribution in [2.75, 3.05) is 45.9 Å². The van der Waals surface area contributed by atoms with E-state index in [9.17, 15) is 14.4 Å². The van der Waals surface area contributed by atoms with Crippen LogP contribution in [0, 0.1) is 23.2 Å². The molecule has 2 aliphatic rings. The molecule has 1 amide bonds. The van der Waals surface area contributed by atoms with Crippen molar-refractivity contribution in [1.82, 2.24) is 34.9 Å². The second kappa shape index (κ2) is 14.2. The first-order valence-electron chi connectivity index (χ1n) is 14.6. The van der Waals surface area contributed by atoms with Gasteiger partial charge in [0.2, 0.25) is 11.9 Å². The van der Waals surface area contributed by atoms with Gasteiger partial charge in [0.25, 0.3) is 0 Å². The molecule has 5 rings (SSSR count). The number of benzene rings is 2. The Kier molecular flexibility index (Phi) is 9.91. The molecule has 0 bridgehead atoms. The minimum absolute atomic E-state index is 0.00892. The Hall–Kier alpha value is -4.41. The van der Waals surface area contributed by atoms with Gasteiger partial charge < -0.3 is 15.4 Å². The van der Waals surface area contributed by atoms with Gasteiger partial charge in [-0.3, -0.25) is 9.69 Å². The third-order valence-corrected chi connectivity index (χ3v) is 7.98. The average Bonchev–Trinajstić information content (AvgIpc) is 3.45. The van der Waals surface area contributed by atoms with Crippen LogP contribution < -0.4 is 5.73 Å². The van der Waals surface area contributed by atoms with Crippen molar-refractivity contribution < 1.29 is 13.9 Å². The lowest BCUT2D eigenvalue weighted by Crippen LogP contribution is -2.52. The number of carbonyl (C=O) groups excluding carboxylic acids is 1. The molecule has 0 aliphatic carbocycles. The zero-order valence-electron chi connectivity index (χ0n) is 24.3. The van der Waals surface area contributed by atoms with Crippen LogP contribution in [0.1, 0.15) is 24.8 Å². The molecule has 0 spiro atoms. The molecule has 3 aromatic rings. The molecule has 2 aromatic carbocycles. The van der Waals surface area contributed by atoms with E-state index in [-0.39, 0.29) is 30.0 Å². The van der Waals surface area contributed by atoms with Crippen LogP contribution in [0.5, 0.6) is 0 Å². The Morgan fingerprint density at radius 2 is 2.02 bits per heavy atom. The highest BCUT2D eigenvalue weighted by Crippen LogP contribution is 2.24. The molecule has 2 aliphatic heterocycles. The predicted molar refractivity (Wildman–Crippen MR) is 158 cm³/mol. The molecular formula is C30H37FN10O2. The van der Waals surface area contributed by atoms with Crippen LogP contribution in [0.15, 0.2) is 53.5 Å². The van der Waals surface area contributed by atoms with Crippen molar-refractivity contribution in [1.29, 1.82) is 5.26 Å². The lowest BCUT2D eigenvalue weighted by molar-refractivity contribution is -0.134. The Balaban J connectivity index is 1.31. The summed E-state index contributed by atoms with van der Waals surface area (Å²) < 4.78 is 20.4. The number of piperidine rings is 1. The fourth-order valence-electron chi connectivity index (χ4n) is 5.76. The highest BCUT2D eigenvalue weighted by molar-refractivity contribution is 5.84. The lowest BCUT2D eigenvalue weighted by Gasteiger charge is -2.36. The summed E-state index contributed by atoms with van der Waals surface area (Å²) in [6.07, 6.45) is 5.01. The zero-order chi connectivity index (χ0) is 30.2. The Morgan fingerprint density at radius 3 is 2.74 bits per heavy atom. The van der Waals surface area contributed by atoms with Crippen molar-refractivity contribution in [3.05, 3.63) is 59.9 Å². The minimum atomic E-state index is -0.511. The van der Waals surface area contributed by atoms with Gasteiger partial charge in [-0.15, -0.1) is 5.10 Å². The number of likely N-dealkylation sites (tertiary alicyclic amines) is 1. The van der Waals surface area contributed by atoms with Crippen LogP contribution in [-0.2, 0) is 23.0 Å². The molecule has 12 nitrogen and oxygen atoms in total. The normalized spacial score (nSPS) is 18.7. The molecule has 2 fully saturated rings. The Morgan fingerprint density at radius 1 is 1.23 bits per heavy atom. The summed E-state index contributed by atoms with van der Waals surface area (Å²) in [5.74, 6) is 0.594. The number of carbonyl (C=O) groups is 1. The van der Waals surface area contributed by atoms with E-state index in [1.807, 2.05) is 17.0 Å². The van der Waals surface area contributed by atoms with Crippen molar-refractivity contribution in [2.24, 2.45) is 23.7 Å². The smallest absolute Gasteiger partial charge is 0.224 e. The van der Waals surface area contributed by atoms with E-state index in [1.165, 1.54) is 17.0 Å². The number of halogens is 1. The molecule has 0 saturated carbocycles. The molecule has 13 heteroatoms. The second-order valence-corrected chi connectivity index (χ2v) is 11.1. The number of hydrogen-bond acceptors (Lipinski definition) is 8. The van der Waals surface area contributed by atoms with E-state index in [0.29, 0.717) is 57.4 Å². The SMILES string of the molecule is Cn1nnnc1-c1cccc(N=C(N)N(C#N)[C@@H](CC(=O)N2CCC[C@@H](Cc3ccc(F)cc3)C2)CN2CCOCC2)c1. The molecule has 0 unspecified atom stereocenters. The number of aromatic nitrogens is 4. The number of tetrazole rings is 1. The quantitative estimate of drug-likeness (QED) is 0.172. The molecule has 2 N–H and O–H groups in total. The summed E-state index contributed by atoms with van der Waals surface area (Å²) in [6.45, 7) is 4.37. The fourth-order valence-corrected chi connectivity index (χ4v) is 5.76. The first-order chi connectivity index (χ1) is 20.9. The predicted octanol–water partition coefficient (Wildman–Crippen LogP) is 2.32. The second-order valence-electron chi connectivity index (χ2n) is 11.1. The van der Waals surface area contributed by atoms with Gasteiger partial charge in [-0.2, -0.15) is 5.26 Å². The van der Waals surface area contributed by atoms with E-state index in [1.54, 1.807) is 36.0 Å². The maximum atomic E-state index is 13.7. The number of ether oxygens (including phenoxy) is 1. The number of nitriles is 1. The van der Waals surface area contributed by atoms with Crippen molar-refractivity contribution >= 4 is 17.6 Å². The van der Waals surface area contributed by atoms with Gasteiger partial charge in [0, 0.05) is 51.8 Å². The summed E-state index contributed by atoms with van der Waals surface area (Å²) in [5.41, 5.74) is 8.80. The summed E-state index contributed by atoms with van der Waals surface area (Å²) in [6, 6.07) is 13.3. The summed E-state index contributed by atoms with van der Waals surface area (Å²) in [4.78, 5) is 23.7. The largest absolute Gasteiger partial charge is 0.379 e. The van der Waals surface area contributed by atoms with Gasteiger partial charge in [0.15, 0.2) is 12.0 Å². The number of guanidine groups is 1. The molecular weight excluding hydrogens is 551 g/mol. The molecule has 2 saturated heterocycles. The number of hydrogen-bond donors (Lipinski definition) is 1. The standard InChI is InChI=1S/C30H37FN10O2/c1-38-29(35-36-37-38)24-5-2-6-26(17-24)34-30(33)41(21-32)27(20-39-12-14-43-15-13-39)18-28(42)40-11-3-4-23(19-40)16-22-7-9-25(31)10-8-22/h2,5-10,17,23,27H,3-4,11-16,18-20H2,1H3,(H2,33,34)/t23-,27-/m0/s1. The number of amides is 1. The third-order valence-electron chi connectivity index (χ3n) is 7.98. The average molecular weight is 589 g/mol. The topological polar surface area (TPSA) is 142 Å². The van der Waals surface area contributed by atoms with Crippen LogP contribution in [0.2, 0.25) is 0 Å². The number of nitrogens with two attached hydrogens (primary N) is 1. The van der Waals surface area contributed by atoms with Crippen LogP contribution in [-0.4, -0.2) is 98.8 Å². The highest BCUT2D eigenvalue weighted by Gasteiger charge is 2.31. The van der Waals surface area contributed by atoms with Crippen molar-refractivity contribution in [3.63, 3.8) is 0 Å². The van der Waals surface area contributed by atoms with Gasteiger partial charge in [0.1, 0.15) is 5.82 Å². The van der Waals surface area contributed by atoms with Crippen LogP contribution in [0.3, 0.4) is 0 Å². The van der Waals surface area contributed by atoms with Crippen molar-refractivity contribution in [2.45, 2.75) is 31.7 Å². The number of aryl methyl sites for hydroxylation is 1. The molecule has 43 heavy (non-hydrogen) atoms. The summed E-state index contributed by atoms with van der Waals surface area (Å²) in [5, 5.41) is 21.9. The Labute approximate surface area is 250 Å². The number of nitrogens with zero attached hydrogens (tertiary/aromatic N) is 9. The first kappa shape index (κ1) is 30.1. The highest BCUT2D eigenvalue weighted by atomic mass is 19.1. The third kappa shape index (κ3) is 7.91. The van der Waals surface area contributed by atoms with E-state index >= 15 is 0 Å². The van der Waals surface area contributed by atoms with Crippen LogP contribution in [0.4, 0.5) is 10.1 Å². The molecule has 2 atom stereocenters. The first-order valence-corrected chi connectivity index (χ1v) is 14.6. The maximum absolute atomic E-state index is 13.7. The maximum Gasteiger partial charge on any atom is 0.224 e. The molecule has 1 aromatic heterocycles. The van der Waals surface area contributed by atoms with Gasteiger partial charge in [-0.05, 0) is 65.4 Å². The van der Waals surface area contributed by atoms with Gasteiger partial charge in [-0.25, -0.2) is 19.0 Å². The zero-order valence-corrected chi connectivity index (χ0v) is 24.3. The van der Waals surface area contributed by atoms with Gasteiger partial charge in [-0.1, -0.05) is 24.3 Å². The monoisotopic (exact) mass is 588 g/mol. The summed E-state index contributed by atoms with van der Waals surface area (Å²) >= 11 is 0. The number of morpholine rings is 1. The van der Waals surface area contributed by atoms with Crippen LogP contribution in [0.25, 0.3) is 11.4 Å². The van der Waals surface area contributed by atoms with E-state index in [4.69, 9.17) is 10.5 Å². The van der Waals surface area contributed by atoms with Gasteiger partial charge in [0.05, 0.1) is 24.9 Å². The molecule has 3 heterocycles. The number of rotatable bonds is 9. The minimum Gasteiger partial charge on any atom is -0.379 e. The fraction of sp³-hybridized carbons (Fsp3) is 0.467. The molecule has 226 valence electrons.